The summed E-state index contributed by atoms with van der Waals surface area (Å²) >= 11 is 0. The lowest BCUT2D eigenvalue weighted by Gasteiger charge is -2.43. The van der Waals surface area contributed by atoms with Crippen molar-refractivity contribution in [3.63, 3.8) is 0 Å². The Balaban J connectivity index is 1.54. The molecule has 2 aromatic rings. The Kier molecular flexibility index (Phi) is 4.69. The molecule has 2 atom stereocenters. The third kappa shape index (κ3) is 2.93. The summed E-state index contributed by atoms with van der Waals surface area (Å²) in [5.41, 5.74) is 2.19. The number of carbonyl (C=O) groups excluding carboxylic acids is 1. The zero-order valence-corrected chi connectivity index (χ0v) is 15.8. The zero-order chi connectivity index (χ0) is 19.0. The van der Waals surface area contributed by atoms with E-state index in [0.29, 0.717) is 13.1 Å². The van der Waals surface area contributed by atoms with Crippen LogP contribution in [0, 0.1) is 0 Å². The monoisotopic (exact) mass is 370 g/mol. The molecular formula is C19H26N6O2. The molecule has 1 spiro atoms. The van der Waals surface area contributed by atoms with Gasteiger partial charge in [0, 0.05) is 18.5 Å². The number of likely N-dealkylation sites (N-methyl/N-ethyl adjacent to an activating group) is 1. The van der Waals surface area contributed by atoms with E-state index in [4.69, 9.17) is 0 Å². The number of fused-ring (bicyclic) bond motifs is 2. The second kappa shape index (κ2) is 7.01. The highest BCUT2D eigenvalue weighted by atomic mass is 16.3. The van der Waals surface area contributed by atoms with E-state index in [-0.39, 0.29) is 23.9 Å². The smallest absolute Gasteiger partial charge is 0.244 e. The van der Waals surface area contributed by atoms with Gasteiger partial charge in [-0.25, -0.2) is 4.68 Å². The Bertz CT molecular complexity index is 800. The van der Waals surface area contributed by atoms with Crippen LogP contribution in [-0.2, 0) is 16.8 Å². The van der Waals surface area contributed by atoms with Gasteiger partial charge < -0.3 is 10.0 Å². The van der Waals surface area contributed by atoms with Crippen LogP contribution in [0.1, 0.15) is 36.9 Å². The lowest BCUT2D eigenvalue weighted by atomic mass is 9.72. The van der Waals surface area contributed by atoms with E-state index < -0.39 is 6.10 Å². The molecule has 1 aromatic heterocycles. The summed E-state index contributed by atoms with van der Waals surface area (Å²) < 4.78 is 1.44. The molecule has 8 heteroatoms. The van der Waals surface area contributed by atoms with Crippen molar-refractivity contribution in [3.05, 3.63) is 41.7 Å². The van der Waals surface area contributed by atoms with Crippen LogP contribution in [0.15, 0.2) is 30.6 Å². The number of hydrogen-bond donors (Lipinski definition) is 1. The van der Waals surface area contributed by atoms with E-state index in [2.05, 4.69) is 52.6 Å². The number of rotatable bonds is 4. The summed E-state index contributed by atoms with van der Waals surface area (Å²) in [6, 6.07) is 8.40. The fourth-order valence-corrected chi connectivity index (χ4v) is 4.73. The largest absolute Gasteiger partial charge is 0.390 e. The summed E-state index contributed by atoms with van der Waals surface area (Å²) in [6.07, 6.45) is 2.52. The Hall–Kier alpha value is -2.32. The van der Waals surface area contributed by atoms with Gasteiger partial charge in [0.1, 0.15) is 12.9 Å². The average molecular weight is 370 g/mol. The molecule has 0 radical (unpaired) electrons. The molecule has 1 fully saturated rings. The summed E-state index contributed by atoms with van der Waals surface area (Å²) in [5.74, 6) is 0.0140. The summed E-state index contributed by atoms with van der Waals surface area (Å²) in [4.78, 5) is 16.6. The molecule has 2 heterocycles. The highest BCUT2D eigenvalue weighted by Crippen LogP contribution is 2.52. The molecule has 2 aliphatic rings. The minimum Gasteiger partial charge on any atom is -0.390 e. The first kappa shape index (κ1) is 18.1. The quantitative estimate of drug-likeness (QED) is 0.848. The molecule has 0 saturated carbocycles. The number of likely N-dealkylation sites (tertiary alicyclic amines) is 1. The molecule has 1 aromatic carbocycles. The molecule has 8 nitrogen and oxygen atoms in total. The number of nitrogens with zero attached hydrogens (tertiary/aromatic N) is 6. The van der Waals surface area contributed by atoms with Crippen LogP contribution in [0.5, 0.6) is 0 Å². The molecule has 1 aliphatic carbocycles. The normalized spacial score (nSPS) is 23.8. The number of piperidine rings is 1. The van der Waals surface area contributed by atoms with Crippen LogP contribution in [0.4, 0.5) is 0 Å². The second-order valence-electron chi connectivity index (χ2n) is 7.59. The van der Waals surface area contributed by atoms with Crippen molar-refractivity contribution in [1.82, 2.24) is 30.0 Å². The van der Waals surface area contributed by atoms with Gasteiger partial charge in [0.25, 0.3) is 0 Å². The Morgan fingerprint density at radius 1 is 1.33 bits per heavy atom. The average Bonchev–Trinajstić information content (AvgIpc) is 3.28. The number of amides is 1. The SMILES string of the molecule is CCN(C)[C@H]1c2ccccc2C2(CCN(C(=O)Cn3cnnn3)CC2)[C@@H]1O. The Morgan fingerprint density at radius 3 is 2.74 bits per heavy atom. The number of tetrazole rings is 1. The lowest BCUT2D eigenvalue weighted by molar-refractivity contribution is -0.134. The van der Waals surface area contributed by atoms with Gasteiger partial charge >= 0.3 is 0 Å². The van der Waals surface area contributed by atoms with Crippen LogP contribution in [0.2, 0.25) is 0 Å². The minimum atomic E-state index is -0.461. The van der Waals surface area contributed by atoms with Crippen LogP contribution >= 0.6 is 0 Å². The standard InChI is InChI=1S/C19H26N6O2/c1-3-23(2)17-14-6-4-5-7-15(14)19(18(17)27)8-10-24(11-9-19)16(26)12-25-13-20-21-22-25/h4-7,13,17-18,27H,3,8-12H2,1-2H3/t17-,18+/m0/s1. The van der Waals surface area contributed by atoms with E-state index in [0.717, 1.165) is 19.4 Å². The molecule has 27 heavy (non-hydrogen) atoms. The summed E-state index contributed by atoms with van der Waals surface area (Å²) in [6.45, 7) is 4.41. The maximum absolute atomic E-state index is 12.6. The van der Waals surface area contributed by atoms with Gasteiger partial charge in [0.05, 0.1) is 12.1 Å². The van der Waals surface area contributed by atoms with Gasteiger partial charge in [-0.3, -0.25) is 9.69 Å². The van der Waals surface area contributed by atoms with Crippen molar-refractivity contribution >= 4 is 5.91 Å². The third-order valence-electron chi connectivity index (χ3n) is 6.35. The first-order chi connectivity index (χ1) is 13.1. The van der Waals surface area contributed by atoms with Crippen molar-refractivity contribution in [1.29, 1.82) is 0 Å². The number of aromatic nitrogens is 4. The minimum absolute atomic E-state index is 0.00896. The predicted octanol–water partition coefficient (Wildman–Crippen LogP) is 0.601. The molecular weight excluding hydrogens is 344 g/mol. The highest BCUT2D eigenvalue weighted by molar-refractivity contribution is 5.76. The molecule has 4 rings (SSSR count). The molecule has 1 aliphatic heterocycles. The predicted molar refractivity (Wildman–Crippen MR) is 98.8 cm³/mol. The number of hydrogen-bond acceptors (Lipinski definition) is 6. The van der Waals surface area contributed by atoms with Crippen molar-refractivity contribution in [2.75, 3.05) is 26.7 Å². The summed E-state index contributed by atoms with van der Waals surface area (Å²) in [7, 11) is 2.06. The molecule has 0 bridgehead atoms. The van der Waals surface area contributed by atoms with Gasteiger partial charge in [-0.1, -0.05) is 31.2 Å². The van der Waals surface area contributed by atoms with Gasteiger partial charge in [-0.05, 0) is 48.0 Å². The van der Waals surface area contributed by atoms with E-state index >= 15 is 0 Å². The van der Waals surface area contributed by atoms with Crippen molar-refractivity contribution in [2.24, 2.45) is 0 Å². The molecule has 0 unspecified atom stereocenters. The van der Waals surface area contributed by atoms with Crippen LogP contribution < -0.4 is 0 Å². The molecule has 144 valence electrons. The van der Waals surface area contributed by atoms with Crippen molar-refractivity contribution < 1.29 is 9.90 Å². The summed E-state index contributed by atoms with van der Waals surface area (Å²) in [5, 5.41) is 22.2. The Labute approximate surface area is 158 Å². The zero-order valence-electron chi connectivity index (χ0n) is 15.8. The molecule has 1 amide bonds. The van der Waals surface area contributed by atoms with Crippen molar-refractivity contribution in [3.8, 4) is 0 Å². The van der Waals surface area contributed by atoms with Gasteiger partial charge in [-0.2, -0.15) is 0 Å². The van der Waals surface area contributed by atoms with E-state index in [1.807, 2.05) is 11.0 Å². The number of benzene rings is 1. The van der Waals surface area contributed by atoms with Gasteiger partial charge in [0.2, 0.25) is 5.91 Å². The van der Waals surface area contributed by atoms with Crippen molar-refractivity contribution in [2.45, 2.75) is 43.9 Å². The Morgan fingerprint density at radius 2 is 2.07 bits per heavy atom. The lowest BCUT2D eigenvalue weighted by Crippen LogP contribution is -2.51. The number of carbonyl (C=O) groups is 1. The number of aliphatic hydroxyl groups excluding tert-OH is 1. The van der Waals surface area contributed by atoms with E-state index in [1.165, 1.54) is 22.1 Å². The van der Waals surface area contributed by atoms with Crippen LogP contribution in [0.25, 0.3) is 0 Å². The second-order valence-corrected chi connectivity index (χ2v) is 7.59. The van der Waals surface area contributed by atoms with E-state index in [9.17, 15) is 9.90 Å². The third-order valence-corrected chi connectivity index (χ3v) is 6.35. The van der Waals surface area contributed by atoms with E-state index in [1.54, 1.807) is 0 Å². The van der Waals surface area contributed by atoms with Crippen LogP contribution in [-0.4, -0.2) is 73.8 Å². The first-order valence-electron chi connectivity index (χ1n) is 9.53. The topological polar surface area (TPSA) is 87.4 Å². The maximum Gasteiger partial charge on any atom is 0.244 e. The fourth-order valence-electron chi connectivity index (χ4n) is 4.73. The first-order valence-corrected chi connectivity index (χ1v) is 9.53. The fraction of sp³-hybridized carbons (Fsp3) is 0.579. The van der Waals surface area contributed by atoms with Gasteiger partial charge in [-0.15, -0.1) is 5.10 Å². The van der Waals surface area contributed by atoms with Gasteiger partial charge in [0.15, 0.2) is 0 Å². The molecule has 1 saturated heterocycles. The highest BCUT2D eigenvalue weighted by Gasteiger charge is 2.53. The maximum atomic E-state index is 12.6. The van der Waals surface area contributed by atoms with Crippen LogP contribution in [0.3, 0.4) is 0 Å². The number of aliphatic hydroxyl groups is 1. The molecule has 1 N–H and O–H groups in total.